The molecule has 0 spiro atoms. The lowest BCUT2D eigenvalue weighted by Gasteiger charge is -2.32. The van der Waals surface area contributed by atoms with E-state index in [1.807, 2.05) is 9.47 Å². The fraction of sp³-hybridized carbons (Fsp3) is 0.526. The smallest absolute Gasteiger partial charge is 0.243 e. The summed E-state index contributed by atoms with van der Waals surface area (Å²) in [7, 11) is -2.07. The number of carbonyl (C=O) groups is 1. The first-order valence-corrected chi connectivity index (χ1v) is 11.2. The molecule has 2 aliphatic heterocycles. The molecule has 2 aliphatic rings. The maximum absolute atomic E-state index is 13.0. The van der Waals surface area contributed by atoms with E-state index in [0.717, 1.165) is 31.8 Å². The highest BCUT2D eigenvalue weighted by atomic mass is 32.2. The van der Waals surface area contributed by atoms with E-state index in [1.165, 1.54) is 4.31 Å². The number of likely N-dealkylation sites (tertiary alicyclic amines) is 1. The van der Waals surface area contributed by atoms with Crippen molar-refractivity contribution in [3.8, 4) is 5.75 Å². The van der Waals surface area contributed by atoms with Gasteiger partial charge in [-0.2, -0.15) is 4.31 Å². The lowest BCUT2D eigenvalue weighted by molar-refractivity contribution is -0.129. The third-order valence-corrected chi connectivity index (χ3v) is 7.61. The molecule has 1 fully saturated rings. The van der Waals surface area contributed by atoms with E-state index in [4.69, 9.17) is 4.74 Å². The molecule has 1 saturated heterocycles. The van der Waals surface area contributed by atoms with Crippen LogP contribution in [0.15, 0.2) is 29.2 Å². The molecule has 29 heavy (non-hydrogen) atoms. The molecule has 1 amide bonds. The minimum Gasteiger partial charge on any atom is -0.497 e. The minimum absolute atomic E-state index is 0.103. The maximum Gasteiger partial charge on any atom is 0.243 e. The van der Waals surface area contributed by atoms with Crippen LogP contribution >= 0.6 is 0 Å². The molecular weight excluding hydrogens is 394 g/mol. The van der Waals surface area contributed by atoms with Gasteiger partial charge in [0.05, 0.1) is 18.6 Å². The van der Waals surface area contributed by atoms with Crippen molar-refractivity contribution in [1.29, 1.82) is 0 Å². The summed E-state index contributed by atoms with van der Waals surface area (Å²) in [6.07, 6.45) is 1.71. The molecule has 10 heteroatoms. The van der Waals surface area contributed by atoms with E-state index >= 15 is 0 Å². The number of hydrogen-bond donors (Lipinski definition) is 0. The molecule has 1 aromatic heterocycles. The van der Waals surface area contributed by atoms with Crippen LogP contribution in [0.3, 0.4) is 0 Å². The highest BCUT2D eigenvalue weighted by Gasteiger charge is 2.33. The Morgan fingerprint density at radius 3 is 2.38 bits per heavy atom. The normalized spacial score (nSPS) is 18.5. The SMILES string of the molecule is COc1ccc(S(=O)(=O)N2CCn3c(nnc3C3CCN(C(C)=O)CC3)C2)cc1. The standard InChI is InChI=1S/C19H25N5O4S/c1-14(25)22-9-7-15(8-10-22)19-21-20-18-13-23(11-12-24(18)19)29(26,27)17-5-3-16(28-2)4-6-17/h3-6,15H,7-13H2,1-2H3. The Morgan fingerprint density at radius 1 is 1.07 bits per heavy atom. The molecule has 3 heterocycles. The molecule has 0 bridgehead atoms. The van der Waals surface area contributed by atoms with E-state index in [1.54, 1.807) is 38.3 Å². The van der Waals surface area contributed by atoms with E-state index in [-0.39, 0.29) is 23.3 Å². The number of fused-ring (bicyclic) bond motifs is 1. The number of methoxy groups -OCH3 is 1. The molecule has 0 radical (unpaired) electrons. The first-order chi connectivity index (χ1) is 13.9. The van der Waals surface area contributed by atoms with Gasteiger partial charge in [-0.3, -0.25) is 4.79 Å². The zero-order valence-corrected chi connectivity index (χ0v) is 17.4. The Bertz CT molecular complexity index is 994. The van der Waals surface area contributed by atoms with Gasteiger partial charge < -0.3 is 14.2 Å². The summed E-state index contributed by atoms with van der Waals surface area (Å²) in [6.45, 7) is 4.14. The summed E-state index contributed by atoms with van der Waals surface area (Å²) in [5, 5.41) is 8.65. The maximum atomic E-state index is 13.0. The van der Waals surface area contributed by atoms with Crippen molar-refractivity contribution < 1.29 is 17.9 Å². The largest absolute Gasteiger partial charge is 0.497 e. The van der Waals surface area contributed by atoms with E-state index in [0.29, 0.717) is 24.7 Å². The second-order valence-electron chi connectivity index (χ2n) is 7.42. The Morgan fingerprint density at radius 2 is 1.76 bits per heavy atom. The molecule has 9 nitrogen and oxygen atoms in total. The minimum atomic E-state index is -3.61. The first-order valence-electron chi connectivity index (χ1n) is 9.72. The first kappa shape index (κ1) is 19.8. The highest BCUT2D eigenvalue weighted by molar-refractivity contribution is 7.89. The van der Waals surface area contributed by atoms with Crippen molar-refractivity contribution >= 4 is 15.9 Å². The van der Waals surface area contributed by atoms with Crippen molar-refractivity contribution in [3.05, 3.63) is 35.9 Å². The van der Waals surface area contributed by atoms with Gasteiger partial charge in [0.15, 0.2) is 0 Å². The molecule has 0 unspecified atom stereocenters. The monoisotopic (exact) mass is 419 g/mol. The van der Waals surface area contributed by atoms with Crippen LogP contribution in [0.25, 0.3) is 0 Å². The van der Waals surface area contributed by atoms with Crippen molar-refractivity contribution in [3.63, 3.8) is 0 Å². The molecule has 2 aromatic rings. The summed E-state index contributed by atoms with van der Waals surface area (Å²) in [4.78, 5) is 13.6. The van der Waals surface area contributed by atoms with Gasteiger partial charge in [-0.25, -0.2) is 8.42 Å². The summed E-state index contributed by atoms with van der Waals surface area (Å²) < 4.78 is 34.6. The number of benzene rings is 1. The van der Waals surface area contributed by atoms with Crippen molar-refractivity contribution in [2.75, 3.05) is 26.7 Å². The van der Waals surface area contributed by atoms with Gasteiger partial charge in [-0.15, -0.1) is 10.2 Å². The molecule has 1 aromatic carbocycles. The summed E-state index contributed by atoms with van der Waals surface area (Å²) in [6, 6.07) is 6.40. The number of nitrogens with zero attached hydrogens (tertiary/aromatic N) is 5. The summed E-state index contributed by atoms with van der Waals surface area (Å²) in [5.74, 6) is 2.53. The Hall–Kier alpha value is -2.46. The van der Waals surface area contributed by atoms with Gasteiger partial charge >= 0.3 is 0 Å². The number of rotatable bonds is 4. The molecule has 0 saturated carbocycles. The third-order valence-electron chi connectivity index (χ3n) is 5.75. The van der Waals surface area contributed by atoms with Crippen LogP contribution in [0.5, 0.6) is 5.75 Å². The second kappa shape index (κ2) is 7.75. The molecule has 4 rings (SSSR count). The van der Waals surface area contributed by atoms with Crippen LogP contribution in [0.4, 0.5) is 0 Å². The lowest BCUT2D eigenvalue weighted by atomic mass is 9.96. The van der Waals surface area contributed by atoms with Gasteiger partial charge in [-0.1, -0.05) is 0 Å². The average Bonchev–Trinajstić information content (AvgIpc) is 3.17. The van der Waals surface area contributed by atoms with Gasteiger partial charge in [0.25, 0.3) is 0 Å². The Kier molecular flexibility index (Phi) is 5.30. The highest BCUT2D eigenvalue weighted by Crippen LogP contribution is 2.30. The fourth-order valence-corrected chi connectivity index (χ4v) is 5.40. The number of hydrogen-bond acceptors (Lipinski definition) is 6. The average molecular weight is 420 g/mol. The zero-order chi connectivity index (χ0) is 20.6. The van der Waals surface area contributed by atoms with E-state index < -0.39 is 10.0 Å². The molecule has 0 aliphatic carbocycles. The quantitative estimate of drug-likeness (QED) is 0.739. The van der Waals surface area contributed by atoms with Crippen LogP contribution in [-0.2, 0) is 27.9 Å². The predicted octanol–water partition coefficient (Wildman–Crippen LogP) is 1.22. The molecule has 0 atom stereocenters. The molecular formula is C19H25N5O4S. The van der Waals surface area contributed by atoms with Crippen molar-refractivity contribution in [1.82, 2.24) is 24.0 Å². The summed E-state index contributed by atoms with van der Waals surface area (Å²) in [5.41, 5.74) is 0. The van der Waals surface area contributed by atoms with Gasteiger partial charge in [-0.05, 0) is 37.1 Å². The van der Waals surface area contributed by atoms with Gasteiger partial charge in [0.1, 0.15) is 17.4 Å². The topological polar surface area (TPSA) is 97.6 Å². The number of ether oxygens (including phenoxy) is 1. The predicted molar refractivity (Wildman–Crippen MR) is 105 cm³/mol. The van der Waals surface area contributed by atoms with Crippen LogP contribution in [0, 0.1) is 0 Å². The molecule has 0 N–H and O–H groups in total. The van der Waals surface area contributed by atoms with E-state index in [9.17, 15) is 13.2 Å². The number of piperidine rings is 1. The fourth-order valence-electron chi connectivity index (χ4n) is 4.01. The second-order valence-corrected chi connectivity index (χ2v) is 9.36. The Labute approximate surface area is 170 Å². The van der Waals surface area contributed by atoms with Crippen LogP contribution in [-0.4, -0.2) is 65.0 Å². The Balaban J connectivity index is 1.49. The number of sulfonamides is 1. The summed E-state index contributed by atoms with van der Waals surface area (Å²) >= 11 is 0. The third kappa shape index (κ3) is 3.74. The van der Waals surface area contributed by atoms with Crippen LogP contribution < -0.4 is 4.74 Å². The van der Waals surface area contributed by atoms with Gasteiger partial charge in [0.2, 0.25) is 15.9 Å². The number of carbonyl (C=O) groups excluding carboxylic acids is 1. The van der Waals surface area contributed by atoms with E-state index in [2.05, 4.69) is 10.2 Å². The van der Waals surface area contributed by atoms with Gasteiger partial charge in [0, 0.05) is 39.0 Å². The lowest BCUT2D eigenvalue weighted by Crippen LogP contribution is -2.40. The molecule has 156 valence electrons. The zero-order valence-electron chi connectivity index (χ0n) is 16.6. The number of aromatic nitrogens is 3. The van der Waals surface area contributed by atoms with Crippen LogP contribution in [0.1, 0.15) is 37.3 Å². The van der Waals surface area contributed by atoms with Crippen molar-refractivity contribution in [2.24, 2.45) is 0 Å². The van der Waals surface area contributed by atoms with Crippen molar-refractivity contribution in [2.45, 2.75) is 43.7 Å². The number of amides is 1. The van der Waals surface area contributed by atoms with Crippen LogP contribution in [0.2, 0.25) is 0 Å².